The maximum atomic E-state index is 10.1. The molecule has 0 unspecified atom stereocenters. The second kappa shape index (κ2) is 5.62. The maximum Gasteiger partial charge on any atom is 0.227 e. The summed E-state index contributed by atoms with van der Waals surface area (Å²) in [6.45, 7) is 0. The van der Waals surface area contributed by atoms with Gasteiger partial charge in [0, 0.05) is 12.2 Å². The van der Waals surface area contributed by atoms with Crippen molar-refractivity contribution in [3.05, 3.63) is 0 Å². The highest BCUT2D eigenvalue weighted by Crippen LogP contribution is 1.98. The third kappa shape index (κ3) is 7.49. The first kappa shape index (κ1) is 8.49. The van der Waals surface area contributed by atoms with Crippen LogP contribution in [0.3, 0.4) is 0 Å². The molecule has 0 aromatic rings. The van der Waals surface area contributed by atoms with E-state index in [2.05, 4.69) is 0 Å². The van der Waals surface area contributed by atoms with Crippen LogP contribution in [0.2, 0.25) is 0 Å². The van der Waals surface area contributed by atoms with Crippen LogP contribution in [0, 0.1) is 0 Å². The lowest BCUT2D eigenvalue weighted by molar-refractivity contribution is -0.115. The molecule has 0 aliphatic rings. The van der Waals surface area contributed by atoms with Crippen LogP contribution in [-0.2, 0) is 9.59 Å². The smallest absolute Gasteiger partial charge is 0.227 e. The van der Waals surface area contributed by atoms with Gasteiger partial charge >= 0.3 is 0 Å². The fourth-order valence-electron chi connectivity index (χ4n) is 0.304. The molecule has 0 aliphatic carbocycles. The summed E-state index contributed by atoms with van der Waals surface area (Å²) < 4.78 is 0. The van der Waals surface area contributed by atoms with Gasteiger partial charge in [-0.05, 0) is 0 Å². The Morgan fingerprint density at radius 1 is 1.67 bits per heavy atom. The van der Waals surface area contributed by atoms with Crippen LogP contribution in [0.5, 0.6) is 0 Å². The molecule has 4 heteroatoms. The van der Waals surface area contributed by atoms with Crippen molar-refractivity contribution in [2.24, 2.45) is 5.73 Å². The quantitative estimate of drug-likeness (QED) is 0.432. The summed E-state index contributed by atoms with van der Waals surface area (Å²) in [5.41, 5.74) is 4.83. The van der Waals surface area contributed by atoms with E-state index in [0.29, 0.717) is 17.9 Å². The summed E-state index contributed by atoms with van der Waals surface area (Å²) in [4.78, 5) is 19.8. The lowest BCUT2D eigenvalue weighted by atomic mass is 10.6. The van der Waals surface area contributed by atoms with Crippen LogP contribution < -0.4 is 5.73 Å². The molecule has 0 spiro atoms. The molecule has 0 saturated heterocycles. The van der Waals surface area contributed by atoms with Crippen molar-refractivity contribution in [3.8, 4) is 0 Å². The Bertz CT molecular complexity index is 105. The molecule has 2 N–H and O–H groups in total. The van der Waals surface area contributed by atoms with Crippen molar-refractivity contribution in [1.82, 2.24) is 0 Å². The summed E-state index contributed by atoms with van der Waals surface area (Å²) in [5.74, 6) is 0.672. The first-order valence-electron chi connectivity index (χ1n) is 2.57. The minimum atomic E-state index is -0.328. The molecular weight excluding hydrogens is 138 g/mol. The zero-order chi connectivity index (χ0) is 7.11. The number of thioether (sulfide) groups is 1. The van der Waals surface area contributed by atoms with Gasteiger partial charge in [0.05, 0.1) is 5.75 Å². The molecule has 0 heterocycles. The van der Waals surface area contributed by atoms with Crippen LogP contribution in [0.15, 0.2) is 0 Å². The molecule has 0 aromatic heterocycles. The Kier molecular flexibility index (Phi) is 5.30. The molecule has 0 fully saturated rings. The van der Waals surface area contributed by atoms with Crippen LogP contribution in [0.25, 0.3) is 0 Å². The fraction of sp³-hybridized carbons (Fsp3) is 0.600. The third-order valence-electron chi connectivity index (χ3n) is 0.624. The lowest BCUT2D eigenvalue weighted by Gasteiger charge is -1.90. The van der Waals surface area contributed by atoms with E-state index in [-0.39, 0.29) is 5.91 Å². The molecule has 0 saturated carbocycles. The number of hydrogen-bond acceptors (Lipinski definition) is 3. The average molecular weight is 147 g/mol. The van der Waals surface area contributed by atoms with Gasteiger partial charge in [0.2, 0.25) is 5.91 Å². The van der Waals surface area contributed by atoms with Gasteiger partial charge in [0.1, 0.15) is 6.29 Å². The number of amides is 1. The summed E-state index contributed by atoms with van der Waals surface area (Å²) in [5, 5.41) is 0. The minimum absolute atomic E-state index is 0.313. The molecule has 9 heavy (non-hydrogen) atoms. The average Bonchev–Trinajstić information content (AvgIpc) is 1.80. The van der Waals surface area contributed by atoms with Gasteiger partial charge in [-0.3, -0.25) is 4.79 Å². The predicted octanol–water partition coefficient (Wildman–Crippen LogP) is -0.206. The fourth-order valence-corrected chi connectivity index (χ4v) is 0.913. The Morgan fingerprint density at radius 2 is 2.33 bits per heavy atom. The van der Waals surface area contributed by atoms with Gasteiger partial charge in [-0.1, -0.05) is 0 Å². The molecule has 1 amide bonds. The normalized spacial score (nSPS) is 8.89. The van der Waals surface area contributed by atoms with Crippen LogP contribution in [0.1, 0.15) is 6.42 Å². The Balaban J connectivity index is 2.91. The molecule has 0 atom stereocenters. The van der Waals surface area contributed by atoms with E-state index < -0.39 is 0 Å². The first-order chi connectivity index (χ1) is 4.27. The van der Waals surface area contributed by atoms with Gasteiger partial charge in [-0.25, -0.2) is 0 Å². The molecule has 0 aliphatic heterocycles. The SMILES string of the molecule is NC(=O)CSCCC=O. The van der Waals surface area contributed by atoms with E-state index in [1.54, 1.807) is 0 Å². The highest BCUT2D eigenvalue weighted by molar-refractivity contribution is 7.99. The first-order valence-corrected chi connectivity index (χ1v) is 3.72. The van der Waals surface area contributed by atoms with E-state index in [9.17, 15) is 9.59 Å². The van der Waals surface area contributed by atoms with Gasteiger partial charge in [-0.15, -0.1) is 0 Å². The summed E-state index contributed by atoms with van der Waals surface area (Å²) >= 11 is 1.38. The Hall–Kier alpha value is -0.510. The Labute approximate surface area is 58.0 Å². The van der Waals surface area contributed by atoms with Crippen molar-refractivity contribution < 1.29 is 9.59 Å². The predicted molar refractivity (Wildman–Crippen MR) is 37.2 cm³/mol. The van der Waals surface area contributed by atoms with E-state index in [1.165, 1.54) is 11.8 Å². The molecule has 0 rings (SSSR count). The number of aldehydes is 1. The van der Waals surface area contributed by atoms with E-state index >= 15 is 0 Å². The number of rotatable bonds is 5. The number of carbonyl (C=O) groups excluding carboxylic acids is 2. The standard InChI is InChI=1S/C5H9NO2S/c6-5(8)4-9-3-1-2-7/h2H,1,3-4H2,(H2,6,8). The molecule has 0 bridgehead atoms. The highest BCUT2D eigenvalue weighted by Gasteiger charge is 1.92. The second-order valence-electron chi connectivity index (χ2n) is 1.47. The molecule has 0 radical (unpaired) electrons. The van der Waals surface area contributed by atoms with E-state index in [1.807, 2.05) is 0 Å². The highest BCUT2D eigenvalue weighted by atomic mass is 32.2. The number of carbonyl (C=O) groups is 2. The summed E-state index contributed by atoms with van der Waals surface area (Å²) in [6, 6.07) is 0. The number of hydrogen-bond donors (Lipinski definition) is 1. The zero-order valence-corrected chi connectivity index (χ0v) is 5.82. The molecular formula is C5H9NO2S. The van der Waals surface area contributed by atoms with Crippen LogP contribution in [-0.4, -0.2) is 23.7 Å². The summed E-state index contributed by atoms with van der Waals surface area (Å²) in [7, 11) is 0. The molecule has 0 aromatic carbocycles. The lowest BCUT2D eigenvalue weighted by Crippen LogP contribution is -2.13. The van der Waals surface area contributed by atoms with Crippen molar-refractivity contribution in [2.75, 3.05) is 11.5 Å². The van der Waals surface area contributed by atoms with E-state index in [0.717, 1.165) is 6.29 Å². The maximum absolute atomic E-state index is 10.1. The van der Waals surface area contributed by atoms with Crippen LogP contribution >= 0.6 is 11.8 Å². The molecule has 52 valence electrons. The largest absolute Gasteiger partial charge is 0.369 e. The zero-order valence-electron chi connectivity index (χ0n) is 5.00. The Morgan fingerprint density at radius 3 is 2.78 bits per heavy atom. The van der Waals surface area contributed by atoms with Gasteiger partial charge in [0.15, 0.2) is 0 Å². The van der Waals surface area contributed by atoms with Gasteiger partial charge in [-0.2, -0.15) is 11.8 Å². The van der Waals surface area contributed by atoms with Gasteiger partial charge < -0.3 is 10.5 Å². The molecule has 3 nitrogen and oxygen atoms in total. The van der Waals surface area contributed by atoms with Crippen molar-refractivity contribution in [2.45, 2.75) is 6.42 Å². The van der Waals surface area contributed by atoms with Crippen molar-refractivity contribution >= 4 is 24.0 Å². The number of nitrogens with two attached hydrogens (primary N) is 1. The van der Waals surface area contributed by atoms with Crippen molar-refractivity contribution in [3.63, 3.8) is 0 Å². The monoisotopic (exact) mass is 147 g/mol. The van der Waals surface area contributed by atoms with Gasteiger partial charge in [0.25, 0.3) is 0 Å². The second-order valence-corrected chi connectivity index (χ2v) is 2.58. The van der Waals surface area contributed by atoms with E-state index in [4.69, 9.17) is 5.73 Å². The summed E-state index contributed by atoms with van der Waals surface area (Å²) in [6.07, 6.45) is 1.33. The number of primary amides is 1. The topological polar surface area (TPSA) is 60.2 Å². The minimum Gasteiger partial charge on any atom is -0.369 e. The van der Waals surface area contributed by atoms with Crippen LogP contribution in [0.4, 0.5) is 0 Å². The van der Waals surface area contributed by atoms with Crippen molar-refractivity contribution in [1.29, 1.82) is 0 Å². The third-order valence-corrected chi connectivity index (χ3v) is 1.64.